The Kier molecular flexibility index (Phi) is 5.81. The van der Waals surface area contributed by atoms with Gasteiger partial charge < -0.3 is 9.84 Å². The van der Waals surface area contributed by atoms with Crippen LogP contribution >= 0.6 is 0 Å². The van der Waals surface area contributed by atoms with E-state index in [-0.39, 0.29) is 5.75 Å². The van der Waals surface area contributed by atoms with Crippen LogP contribution in [0.15, 0.2) is 79.4 Å². The fourth-order valence-electron chi connectivity index (χ4n) is 3.33. The minimum atomic E-state index is 0.218. The number of hydrogen-bond acceptors (Lipinski definition) is 6. The lowest BCUT2D eigenvalue weighted by Crippen LogP contribution is -2.27. The normalized spacial score (nSPS) is 10.5. The van der Waals surface area contributed by atoms with Crippen molar-refractivity contribution in [3.05, 3.63) is 90.5 Å². The SMILES string of the molecule is CCOc1ccc(-c2cc(N(Cc3ccc(O)cc3)n3cnnc3)ccc2C#N)cc1. The van der Waals surface area contributed by atoms with E-state index in [0.29, 0.717) is 18.7 Å². The topological polar surface area (TPSA) is 87.2 Å². The van der Waals surface area contributed by atoms with Gasteiger partial charge in [0.25, 0.3) is 0 Å². The maximum Gasteiger partial charge on any atom is 0.139 e. The first-order chi connectivity index (χ1) is 15.2. The number of nitriles is 1. The van der Waals surface area contributed by atoms with Gasteiger partial charge in [-0.05, 0) is 60.5 Å². The summed E-state index contributed by atoms with van der Waals surface area (Å²) in [5.74, 6) is 1.01. The monoisotopic (exact) mass is 411 g/mol. The number of hydrogen-bond donors (Lipinski definition) is 1. The second-order valence-electron chi connectivity index (χ2n) is 6.87. The van der Waals surface area contributed by atoms with Gasteiger partial charge in [-0.3, -0.25) is 5.01 Å². The highest BCUT2D eigenvalue weighted by atomic mass is 16.5. The van der Waals surface area contributed by atoms with E-state index in [0.717, 1.165) is 28.1 Å². The molecule has 3 aromatic carbocycles. The largest absolute Gasteiger partial charge is 0.508 e. The van der Waals surface area contributed by atoms with Crippen molar-refractivity contribution < 1.29 is 9.84 Å². The molecule has 1 N–H and O–H groups in total. The lowest BCUT2D eigenvalue weighted by Gasteiger charge is -2.26. The van der Waals surface area contributed by atoms with Gasteiger partial charge in [0, 0.05) is 5.56 Å². The number of phenols is 1. The van der Waals surface area contributed by atoms with Crippen LogP contribution in [0.2, 0.25) is 0 Å². The molecule has 7 heteroatoms. The molecule has 4 rings (SSSR count). The van der Waals surface area contributed by atoms with Gasteiger partial charge in [0.15, 0.2) is 0 Å². The molecule has 0 radical (unpaired) electrons. The third-order valence-corrected chi connectivity index (χ3v) is 4.85. The van der Waals surface area contributed by atoms with Crippen LogP contribution in [0.3, 0.4) is 0 Å². The van der Waals surface area contributed by atoms with Gasteiger partial charge in [-0.15, -0.1) is 10.2 Å². The van der Waals surface area contributed by atoms with Crippen LogP contribution in [0, 0.1) is 11.3 Å². The molecule has 0 bridgehead atoms. The summed E-state index contributed by atoms with van der Waals surface area (Å²) in [6.07, 6.45) is 3.24. The molecule has 0 saturated heterocycles. The quantitative estimate of drug-likeness (QED) is 0.485. The second-order valence-corrected chi connectivity index (χ2v) is 6.87. The van der Waals surface area contributed by atoms with Crippen molar-refractivity contribution in [2.45, 2.75) is 13.5 Å². The molecule has 0 aliphatic rings. The fraction of sp³-hybridized carbons (Fsp3) is 0.125. The summed E-state index contributed by atoms with van der Waals surface area (Å²) in [7, 11) is 0. The van der Waals surface area contributed by atoms with E-state index < -0.39 is 0 Å². The van der Waals surface area contributed by atoms with Crippen LogP contribution in [-0.2, 0) is 6.54 Å². The van der Waals surface area contributed by atoms with Gasteiger partial charge >= 0.3 is 0 Å². The van der Waals surface area contributed by atoms with E-state index in [1.807, 2.05) is 66.5 Å². The van der Waals surface area contributed by atoms with Crippen LogP contribution in [0.5, 0.6) is 11.5 Å². The molecular weight excluding hydrogens is 390 g/mol. The third kappa shape index (κ3) is 4.49. The Hall–Kier alpha value is -4.31. The van der Waals surface area contributed by atoms with Gasteiger partial charge in [0.2, 0.25) is 0 Å². The lowest BCUT2D eigenvalue weighted by molar-refractivity contribution is 0.340. The Bertz CT molecular complexity index is 1180. The zero-order chi connectivity index (χ0) is 21.6. The van der Waals surface area contributed by atoms with Crippen molar-refractivity contribution in [2.75, 3.05) is 11.6 Å². The molecule has 1 heterocycles. The molecule has 0 aliphatic carbocycles. The molecule has 4 aromatic rings. The van der Waals surface area contributed by atoms with E-state index in [2.05, 4.69) is 16.3 Å². The molecule has 0 spiro atoms. The van der Waals surface area contributed by atoms with Gasteiger partial charge in [-0.1, -0.05) is 24.3 Å². The van der Waals surface area contributed by atoms with Crippen LogP contribution in [0.1, 0.15) is 18.1 Å². The molecule has 0 amide bonds. The number of benzene rings is 3. The average molecular weight is 411 g/mol. The predicted molar refractivity (Wildman–Crippen MR) is 117 cm³/mol. The van der Waals surface area contributed by atoms with Crippen molar-refractivity contribution >= 4 is 5.69 Å². The van der Waals surface area contributed by atoms with E-state index >= 15 is 0 Å². The Morgan fingerprint density at radius 3 is 2.35 bits per heavy atom. The van der Waals surface area contributed by atoms with Crippen molar-refractivity contribution in [1.82, 2.24) is 14.9 Å². The van der Waals surface area contributed by atoms with Crippen molar-refractivity contribution in [2.24, 2.45) is 0 Å². The number of anilines is 1. The molecule has 31 heavy (non-hydrogen) atoms. The van der Waals surface area contributed by atoms with Gasteiger partial charge in [0.1, 0.15) is 24.2 Å². The Morgan fingerprint density at radius 1 is 1.00 bits per heavy atom. The summed E-state index contributed by atoms with van der Waals surface area (Å²) in [6.45, 7) is 3.06. The van der Waals surface area contributed by atoms with Crippen LogP contribution < -0.4 is 9.75 Å². The molecule has 0 saturated carbocycles. The van der Waals surface area contributed by atoms with E-state index in [4.69, 9.17) is 4.74 Å². The predicted octanol–water partition coefficient (Wildman–Crippen LogP) is 4.39. The van der Waals surface area contributed by atoms with Gasteiger partial charge in [0.05, 0.1) is 30.5 Å². The lowest BCUT2D eigenvalue weighted by atomic mass is 9.99. The van der Waals surface area contributed by atoms with E-state index in [9.17, 15) is 10.4 Å². The van der Waals surface area contributed by atoms with Gasteiger partial charge in [-0.25, -0.2) is 4.68 Å². The molecular formula is C24H21N5O2. The van der Waals surface area contributed by atoms with Gasteiger partial charge in [-0.2, -0.15) is 5.26 Å². The average Bonchev–Trinajstić information content (AvgIpc) is 3.34. The maximum atomic E-state index is 9.66. The van der Waals surface area contributed by atoms with E-state index in [1.165, 1.54) is 0 Å². The number of aromatic nitrogens is 3. The Balaban J connectivity index is 1.74. The highest BCUT2D eigenvalue weighted by molar-refractivity contribution is 5.75. The van der Waals surface area contributed by atoms with Crippen LogP contribution in [0.25, 0.3) is 11.1 Å². The molecule has 154 valence electrons. The fourth-order valence-corrected chi connectivity index (χ4v) is 3.33. The summed E-state index contributed by atoms with van der Waals surface area (Å²) >= 11 is 0. The first-order valence-corrected chi connectivity index (χ1v) is 9.85. The van der Waals surface area contributed by atoms with Crippen molar-refractivity contribution in [1.29, 1.82) is 5.26 Å². The number of nitrogens with zero attached hydrogens (tertiary/aromatic N) is 5. The van der Waals surface area contributed by atoms with Crippen LogP contribution in [0.4, 0.5) is 5.69 Å². The van der Waals surface area contributed by atoms with Crippen LogP contribution in [-0.4, -0.2) is 26.6 Å². The minimum absolute atomic E-state index is 0.218. The highest BCUT2D eigenvalue weighted by Crippen LogP contribution is 2.31. The smallest absolute Gasteiger partial charge is 0.139 e. The molecule has 1 aromatic heterocycles. The summed E-state index contributed by atoms with van der Waals surface area (Å²) in [6, 6.07) is 22.7. The van der Waals surface area contributed by atoms with E-state index in [1.54, 1.807) is 29.5 Å². The molecule has 7 nitrogen and oxygen atoms in total. The van der Waals surface area contributed by atoms with Crippen molar-refractivity contribution in [3.8, 4) is 28.7 Å². The molecule has 0 unspecified atom stereocenters. The number of rotatable bonds is 7. The minimum Gasteiger partial charge on any atom is -0.508 e. The third-order valence-electron chi connectivity index (χ3n) is 4.85. The summed E-state index contributed by atoms with van der Waals surface area (Å²) < 4.78 is 7.32. The number of phenolic OH excluding ortho intramolecular Hbond substituents is 1. The van der Waals surface area contributed by atoms with Crippen molar-refractivity contribution in [3.63, 3.8) is 0 Å². The first kappa shape index (κ1) is 20.0. The summed E-state index contributed by atoms with van der Waals surface area (Å²) in [4.78, 5) is 0. The number of aromatic hydroxyl groups is 1. The maximum absolute atomic E-state index is 9.66. The second kappa shape index (κ2) is 9.01. The Labute approximate surface area is 180 Å². The molecule has 0 fully saturated rings. The first-order valence-electron chi connectivity index (χ1n) is 9.85. The standard InChI is InChI=1S/C24H21N5O2/c1-2-31-23-11-6-19(7-12-23)24-13-21(8-5-20(24)14-25)29(28-16-26-27-17-28)15-18-3-9-22(30)10-4-18/h3-13,16-17,30H,2,15H2,1H3. The highest BCUT2D eigenvalue weighted by Gasteiger charge is 2.14. The zero-order valence-corrected chi connectivity index (χ0v) is 17.0. The molecule has 0 aliphatic heterocycles. The number of ether oxygens (including phenoxy) is 1. The zero-order valence-electron chi connectivity index (χ0n) is 17.0. The Morgan fingerprint density at radius 2 is 1.71 bits per heavy atom. The summed E-state index contributed by atoms with van der Waals surface area (Å²) in [5, 5.41) is 29.1. The summed E-state index contributed by atoms with van der Waals surface area (Å²) in [5.41, 5.74) is 4.21. The molecule has 0 atom stereocenters.